The minimum atomic E-state index is -0.0139. The molecule has 1 aliphatic rings. The molecule has 1 aromatic heterocycles. The van der Waals surface area contributed by atoms with Crippen LogP contribution in [0.5, 0.6) is 5.75 Å². The first-order chi connectivity index (χ1) is 13.1. The number of benzene rings is 1. The van der Waals surface area contributed by atoms with Gasteiger partial charge in [-0.3, -0.25) is 9.69 Å². The summed E-state index contributed by atoms with van der Waals surface area (Å²) in [6, 6.07) is 7.51. The van der Waals surface area contributed by atoms with Crippen molar-refractivity contribution in [2.45, 2.75) is 25.8 Å². The lowest BCUT2D eigenvalue weighted by atomic mass is 10.2. The van der Waals surface area contributed by atoms with Crippen LogP contribution in [0.1, 0.15) is 19.2 Å². The van der Waals surface area contributed by atoms with E-state index in [2.05, 4.69) is 20.4 Å². The van der Waals surface area contributed by atoms with E-state index in [1.807, 2.05) is 31.2 Å². The normalized spacial score (nSPS) is 16.1. The Hall–Kier alpha value is -2.45. The molecule has 1 N–H and O–H groups in total. The van der Waals surface area contributed by atoms with Crippen molar-refractivity contribution in [3.63, 3.8) is 0 Å². The average molecular weight is 374 g/mol. The standard InChI is InChI=1S/C19H26N4O4/c1-14(13-23-9-11-26-12-10-23)20-17(24)7-8-18-21-19(22-27-18)15-3-5-16(25-2)6-4-15/h3-6,14H,7-13H2,1-2H3,(H,20,24). The largest absolute Gasteiger partial charge is 0.497 e. The Balaban J connectivity index is 1.44. The van der Waals surface area contributed by atoms with Gasteiger partial charge in [0.2, 0.25) is 17.6 Å². The molecule has 1 fully saturated rings. The third-order valence-electron chi connectivity index (χ3n) is 4.43. The molecule has 27 heavy (non-hydrogen) atoms. The zero-order valence-electron chi connectivity index (χ0n) is 15.8. The molecule has 8 heteroatoms. The maximum absolute atomic E-state index is 12.2. The number of nitrogens with one attached hydrogen (secondary N) is 1. The molecule has 0 bridgehead atoms. The second-order valence-electron chi connectivity index (χ2n) is 6.62. The van der Waals surface area contributed by atoms with E-state index in [0.717, 1.165) is 44.2 Å². The molecular weight excluding hydrogens is 348 g/mol. The Morgan fingerprint density at radius 2 is 2.04 bits per heavy atom. The van der Waals surface area contributed by atoms with Gasteiger partial charge in [0.05, 0.1) is 20.3 Å². The first kappa shape index (κ1) is 19.3. The van der Waals surface area contributed by atoms with E-state index in [9.17, 15) is 4.79 Å². The smallest absolute Gasteiger partial charge is 0.227 e. The summed E-state index contributed by atoms with van der Waals surface area (Å²) in [7, 11) is 1.62. The maximum atomic E-state index is 12.2. The van der Waals surface area contributed by atoms with Gasteiger partial charge < -0.3 is 19.3 Å². The monoisotopic (exact) mass is 374 g/mol. The number of aromatic nitrogens is 2. The van der Waals surface area contributed by atoms with Gasteiger partial charge in [-0.25, -0.2) is 0 Å². The topological polar surface area (TPSA) is 89.7 Å². The summed E-state index contributed by atoms with van der Waals surface area (Å²) >= 11 is 0. The summed E-state index contributed by atoms with van der Waals surface area (Å²) in [5, 5.41) is 7.00. The lowest BCUT2D eigenvalue weighted by Crippen LogP contribution is -2.46. The van der Waals surface area contributed by atoms with Crippen LogP contribution in [0.2, 0.25) is 0 Å². The van der Waals surface area contributed by atoms with Gasteiger partial charge >= 0.3 is 0 Å². The van der Waals surface area contributed by atoms with Crippen LogP contribution in [0, 0.1) is 0 Å². The highest BCUT2D eigenvalue weighted by Crippen LogP contribution is 2.20. The first-order valence-corrected chi connectivity index (χ1v) is 9.20. The number of carbonyl (C=O) groups excluding carboxylic acids is 1. The van der Waals surface area contributed by atoms with Crippen molar-refractivity contribution in [1.29, 1.82) is 0 Å². The van der Waals surface area contributed by atoms with Crippen molar-refractivity contribution in [3.05, 3.63) is 30.2 Å². The molecule has 1 aromatic carbocycles. The summed E-state index contributed by atoms with van der Waals surface area (Å²) in [6.07, 6.45) is 0.733. The lowest BCUT2D eigenvalue weighted by Gasteiger charge is -2.29. The molecule has 3 rings (SSSR count). The van der Waals surface area contributed by atoms with Crippen LogP contribution < -0.4 is 10.1 Å². The third kappa shape index (κ3) is 5.77. The van der Waals surface area contributed by atoms with Gasteiger partial charge in [-0.2, -0.15) is 4.98 Å². The fraction of sp³-hybridized carbons (Fsp3) is 0.526. The number of methoxy groups -OCH3 is 1. The van der Waals surface area contributed by atoms with E-state index in [1.54, 1.807) is 7.11 Å². The molecular formula is C19H26N4O4. The molecule has 2 aromatic rings. The molecule has 2 heterocycles. The van der Waals surface area contributed by atoms with E-state index in [0.29, 0.717) is 24.6 Å². The summed E-state index contributed by atoms with van der Waals surface area (Å²) in [5.74, 6) is 1.72. The fourth-order valence-electron chi connectivity index (χ4n) is 3.00. The SMILES string of the molecule is COc1ccc(-c2noc(CCC(=O)NC(C)CN3CCOCC3)n2)cc1. The van der Waals surface area contributed by atoms with Gasteiger partial charge in [-0.05, 0) is 31.2 Å². The van der Waals surface area contributed by atoms with Crippen LogP contribution in [-0.2, 0) is 16.0 Å². The molecule has 146 valence electrons. The molecule has 0 spiro atoms. The second kappa shape index (κ2) is 9.48. The third-order valence-corrected chi connectivity index (χ3v) is 4.43. The molecule has 1 atom stereocenters. The minimum absolute atomic E-state index is 0.0139. The van der Waals surface area contributed by atoms with E-state index in [1.165, 1.54) is 0 Å². The van der Waals surface area contributed by atoms with Gasteiger partial charge in [-0.1, -0.05) is 5.16 Å². The van der Waals surface area contributed by atoms with E-state index >= 15 is 0 Å². The highest BCUT2D eigenvalue weighted by atomic mass is 16.5. The van der Waals surface area contributed by atoms with Crippen molar-refractivity contribution in [1.82, 2.24) is 20.4 Å². The van der Waals surface area contributed by atoms with Crippen LogP contribution in [-0.4, -0.2) is 66.9 Å². The Labute approximate surface area is 158 Å². The zero-order valence-corrected chi connectivity index (χ0v) is 15.8. The Morgan fingerprint density at radius 3 is 2.74 bits per heavy atom. The number of carbonyl (C=O) groups is 1. The maximum Gasteiger partial charge on any atom is 0.227 e. The predicted octanol–water partition coefficient (Wildman–Crippen LogP) is 1.51. The van der Waals surface area contributed by atoms with Gasteiger partial charge in [0, 0.05) is 44.1 Å². The number of hydrogen-bond acceptors (Lipinski definition) is 7. The molecule has 1 aliphatic heterocycles. The summed E-state index contributed by atoms with van der Waals surface area (Å²) in [4.78, 5) is 18.8. The van der Waals surface area contributed by atoms with Crippen molar-refractivity contribution >= 4 is 5.91 Å². The van der Waals surface area contributed by atoms with Crippen molar-refractivity contribution in [2.24, 2.45) is 0 Å². The first-order valence-electron chi connectivity index (χ1n) is 9.20. The summed E-state index contributed by atoms with van der Waals surface area (Å²) in [6.45, 7) is 6.19. The summed E-state index contributed by atoms with van der Waals surface area (Å²) < 4.78 is 15.7. The van der Waals surface area contributed by atoms with Gasteiger partial charge in [0.25, 0.3) is 0 Å². The van der Waals surface area contributed by atoms with Crippen molar-refractivity contribution < 1.29 is 18.8 Å². The van der Waals surface area contributed by atoms with Crippen molar-refractivity contribution in [3.8, 4) is 17.1 Å². The van der Waals surface area contributed by atoms with Crippen LogP contribution in [0.15, 0.2) is 28.8 Å². The number of rotatable bonds is 8. The Bertz CT molecular complexity index is 726. The molecule has 0 radical (unpaired) electrons. The number of ether oxygens (including phenoxy) is 2. The predicted molar refractivity (Wildman–Crippen MR) is 99.5 cm³/mol. The molecule has 1 saturated heterocycles. The summed E-state index contributed by atoms with van der Waals surface area (Å²) in [5.41, 5.74) is 0.842. The lowest BCUT2D eigenvalue weighted by molar-refractivity contribution is -0.121. The van der Waals surface area contributed by atoms with Crippen LogP contribution in [0.25, 0.3) is 11.4 Å². The van der Waals surface area contributed by atoms with Crippen LogP contribution in [0.3, 0.4) is 0 Å². The quantitative estimate of drug-likeness (QED) is 0.749. The Morgan fingerprint density at radius 1 is 1.30 bits per heavy atom. The van der Waals surface area contributed by atoms with Crippen LogP contribution in [0.4, 0.5) is 0 Å². The van der Waals surface area contributed by atoms with E-state index in [4.69, 9.17) is 14.0 Å². The number of aryl methyl sites for hydroxylation is 1. The molecule has 1 unspecified atom stereocenters. The fourth-order valence-corrected chi connectivity index (χ4v) is 3.00. The average Bonchev–Trinajstić information content (AvgIpc) is 3.16. The number of amides is 1. The van der Waals surface area contributed by atoms with Gasteiger partial charge in [0.15, 0.2) is 0 Å². The molecule has 1 amide bonds. The Kier molecular flexibility index (Phi) is 6.78. The second-order valence-corrected chi connectivity index (χ2v) is 6.62. The molecule has 0 saturated carbocycles. The number of nitrogens with zero attached hydrogens (tertiary/aromatic N) is 3. The molecule has 8 nitrogen and oxygen atoms in total. The van der Waals surface area contributed by atoms with E-state index < -0.39 is 0 Å². The van der Waals surface area contributed by atoms with Gasteiger partial charge in [0.1, 0.15) is 5.75 Å². The molecule has 0 aliphatic carbocycles. The number of morpholine rings is 1. The highest BCUT2D eigenvalue weighted by molar-refractivity contribution is 5.76. The van der Waals surface area contributed by atoms with Gasteiger partial charge in [-0.15, -0.1) is 0 Å². The minimum Gasteiger partial charge on any atom is -0.497 e. The number of hydrogen-bond donors (Lipinski definition) is 1. The van der Waals surface area contributed by atoms with Crippen molar-refractivity contribution in [2.75, 3.05) is 40.0 Å². The van der Waals surface area contributed by atoms with E-state index in [-0.39, 0.29) is 11.9 Å². The highest BCUT2D eigenvalue weighted by Gasteiger charge is 2.16. The van der Waals surface area contributed by atoms with Crippen LogP contribution >= 0.6 is 0 Å². The zero-order chi connectivity index (χ0) is 19.1.